The highest BCUT2D eigenvalue weighted by molar-refractivity contribution is 5.80. The van der Waals surface area contributed by atoms with Gasteiger partial charge in [0.15, 0.2) is 0 Å². The molecule has 8 heteroatoms. The van der Waals surface area contributed by atoms with Crippen molar-refractivity contribution in [2.24, 2.45) is 0 Å². The minimum absolute atomic E-state index is 0.441. The molecule has 0 saturated heterocycles. The van der Waals surface area contributed by atoms with E-state index in [1.165, 1.54) is 0 Å². The Morgan fingerprint density at radius 2 is 1.85 bits per heavy atom. The number of fused-ring (bicyclic) bond motifs is 1. The maximum absolute atomic E-state index is 6.09. The van der Waals surface area contributed by atoms with Crippen molar-refractivity contribution in [3.05, 3.63) is 83.7 Å². The van der Waals surface area contributed by atoms with Crippen LogP contribution in [-0.2, 0) is 18.0 Å². The molecule has 5 aromatic rings. The molecule has 0 aliphatic rings. The van der Waals surface area contributed by atoms with Gasteiger partial charge in [-0.1, -0.05) is 48.5 Å². The topological polar surface area (TPSA) is 90.2 Å². The number of nitrogens with zero attached hydrogens (tertiary/aromatic N) is 5. The minimum atomic E-state index is 0.441. The number of tetrazole rings is 1. The predicted molar refractivity (Wildman–Crippen MR) is 125 cm³/mol. The molecular formula is C25H24N6O2. The number of ether oxygens (including phenoxy) is 2. The van der Waals surface area contributed by atoms with Crippen molar-refractivity contribution in [3.63, 3.8) is 0 Å². The lowest BCUT2D eigenvalue weighted by Crippen LogP contribution is -2.01. The fourth-order valence-corrected chi connectivity index (χ4v) is 3.85. The summed E-state index contributed by atoms with van der Waals surface area (Å²) in [7, 11) is 0. The molecule has 0 amide bonds. The zero-order chi connectivity index (χ0) is 22.6. The molecule has 0 spiro atoms. The molecule has 0 bridgehead atoms. The smallest absolute Gasteiger partial charge is 0.232 e. The second-order valence-corrected chi connectivity index (χ2v) is 7.69. The Balaban J connectivity index is 1.38. The number of aromatic amines is 1. The summed E-state index contributed by atoms with van der Waals surface area (Å²) < 4.78 is 13.7. The largest absolute Gasteiger partial charge is 0.477 e. The van der Waals surface area contributed by atoms with Crippen LogP contribution in [0.3, 0.4) is 0 Å². The van der Waals surface area contributed by atoms with Crippen LogP contribution >= 0.6 is 0 Å². The first-order valence-electron chi connectivity index (χ1n) is 10.8. The molecule has 166 valence electrons. The average Bonchev–Trinajstić information content (AvgIpc) is 3.52. The second kappa shape index (κ2) is 9.22. The molecule has 3 heterocycles. The Morgan fingerprint density at radius 1 is 0.970 bits per heavy atom. The first-order chi connectivity index (χ1) is 16.2. The maximum Gasteiger partial charge on any atom is 0.232 e. The number of H-pyrrole nitrogens is 1. The van der Waals surface area contributed by atoms with Gasteiger partial charge in [0.2, 0.25) is 11.7 Å². The van der Waals surface area contributed by atoms with E-state index < -0.39 is 0 Å². The molecule has 8 nitrogen and oxygen atoms in total. The number of pyridine rings is 1. The van der Waals surface area contributed by atoms with Gasteiger partial charge >= 0.3 is 0 Å². The number of hydrogen-bond acceptors (Lipinski definition) is 6. The lowest BCUT2D eigenvalue weighted by Gasteiger charge is -2.11. The predicted octanol–water partition coefficient (Wildman–Crippen LogP) is 4.61. The van der Waals surface area contributed by atoms with Gasteiger partial charge in [-0.15, -0.1) is 10.2 Å². The van der Waals surface area contributed by atoms with Crippen LogP contribution in [0.2, 0.25) is 0 Å². The van der Waals surface area contributed by atoms with Crippen LogP contribution in [0.1, 0.15) is 23.7 Å². The van der Waals surface area contributed by atoms with Gasteiger partial charge in [0, 0.05) is 5.56 Å². The summed E-state index contributed by atoms with van der Waals surface area (Å²) in [6, 6.07) is 20.5. The molecule has 3 aromatic heterocycles. The third kappa shape index (κ3) is 4.33. The van der Waals surface area contributed by atoms with Crippen LogP contribution < -0.4 is 4.74 Å². The zero-order valence-electron chi connectivity index (χ0n) is 18.5. The minimum Gasteiger partial charge on any atom is -0.477 e. The van der Waals surface area contributed by atoms with Crippen molar-refractivity contribution in [1.29, 1.82) is 0 Å². The molecule has 33 heavy (non-hydrogen) atoms. The van der Waals surface area contributed by atoms with Crippen LogP contribution in [0.25, 0.3) is 28.2 Å². The van der Waals surface area contributed by atoms with Gasteiger partial charge in [-0.25, -0.2) is 0 Å². The van der Waals surface area contributed by atoms with Crippen molar-refractivity contribution in [2.45, 2.75) is 27.1 Å². The molecule has 0 saturated carbocycles. The molecular weight excluding hydrogens is 416 g/mol. The van der Waals surface area contributed by atoms with E-state index in [0.29, 0.717) is 31.5 Å². The number of hydrogen-bond donors (Lipinski definition) is 1. The normalized spacial score (nSPS) is 11.2. The van der Waals surface area contributed by atoms with Crippen LogP contribution in [-0.4, -0.2) is 36.6 Å². The van der Waals surface area contributed by atoms with Crippen LogP contribution in [0.4, 0.5) is 0 Å². The lowest BCUT2D eigenvalue weighted by atomic mass is 9.97. The van der Waals surface area contributed by atoms with Crippen LogP contribution in [0.5, 0.6) is 5.88 Å². The first kappa shape index (κ1) is 20.8. The standard InChI is InChI=1S/C25H24N6O2/c1-3-33-23-14-31-20(11-9-17(2)25(31)26-23)16-32-15-18-10-12-21(19-7-5-4-6-8-19)22(13-18)24-27-29-30-28-24/h4-14H,3,15-16H2,1-2H3,(H,27,28,29,30). The Hall–Kier alpha value is -4.04. The third-order valence-corrected chi connectivity index (χ3v) is 5.44. The van der Waals surface area contributed by atoms with Crippen molar-refractivity contribution in [3.8, 4) is 28.4 Å². The number of aryl methyl sites for hydroxylation is 1. The molecule has 2 aromatic carbocycles. The Kier molecular flexibility index (Phi) is 5.82. The van der Waals surface area contributed by atoms with E-state index in [1.807, 2.05) is 42.6 Å². The van der Waals surface area contributed by atoms with Crippen molar-refractivity contribution in [2.75, 3.05) is 6.61 Å². The summed E-state index contributed by atoms with van der Waals surface area (Å²) in [5.41, 5.74) is 7.05. The van der Waals surface area contributed by atoms with Gasteiger partial charge in [-0.2, -0.15) is 10.2 Å². The highest BCUT2D eigenvalue weighted by atomic mass is 16.5. The average molecular weight is 441 g/mol. The number of benzene rings is 2. The summed E-state index contributed by atoms with van der Waals surface area (Å²) in [5, 5.41) is 14.7. The van der Waals surface area contributed by atoms with Gasteiger partial charge in [0.25, 0.3) is 0 Å². The molecule has 0 aliphatic carbocycles. The SMILES string of the molecule is CCOc1cn2c(COCc3ccc(-c4ccccc4)c(-c4nn[nH]n4)c3)ccc(C)c2n1. The van der Waals surface area contributed by atoms with E-state index in [1.54, 1.807) is 0 Å². The van der Waals surface area contributed by atoms with Crippen LogP contribution in [0.15, 0.2) is 66.9 Å². The zero-order valence-corrected chi connectivity index (χ0v) is 18.5. The van der Waals surface area contributed by atoms with Gasteiger partial charge in [-0.05, 0) is 53.4 Å². The van der Waals surface area contributed by atoms with E-state index >= 15 is 0 Å². The molecule has 5 rings (SSSR count). The van der Waals surface area contributed by atoms with Gasteiger partial charge in [0.05, 0.1) is 31.7 Å². The molecule has 0 atom stereocenters. The Labute approximate surface area is 191 Å². The highest BCUT2D eigenvalue weighted by Gasteiger charge is 2.13. The van der Waals surface area contributed by atoms with E-state index in [0.717, 1.165) is 39.2 Å². The van der Waals surface area contributed by atoms with Gasteiger partial charge in [-0.3, -0.25) is 4.40 Å². The third-order valence-electron chi connectivity index (χ3n) is 5.44. The van der Waals surface area contributed by atoms with Gasteiger partial charge < -0.3 is 9.47 Å². The van der Waals surface area contributed by atoms with E-state index in [9.17, 15) is 0 Å². The van der Waals surface area contributed by atoms with Crippen molar-refractivity contribution >= 4 is 5.65 Å². The van der Waals surface area contributed by atoms with E-state index in [-0.39, 0.29) is 0 Å². The Bertz CT molecular complexity index is 1360. The fraction of sp³-hybridized carbons (Fsp3) is 0.200. The number of imidazole rings is 1. The van der Waals surface area contributed by atoms with Crippen molar-refractivity contribution in [1.82, 2.24) is 30.0 Å². The number of aromatic nitrogens is 6. The maximum atomic E-state index is 6.09. The fourth-order valence-electron chi connectivity index (χ4n) is 3.85. The van der Waals surface area contributed by atoms with E-state index in [2.05, 4.69) is 68.1 Å². The first-order valence-corrected chi connectivity index (χ1v) is 10.8. The molecule has 0 fully saturated rings. The van der Waals surface area contributed by atoms with Crippen molar-refractivity contribution < 1.29 is 9.47 Å². The highest BCUT2D eigenvalue weighted by Crippen LogP contribution is 2.31. The molecule has 0 unspecified atom stereocenters. The molecule has 1 N–H and O–H groups in total. The van der Waals surface area contributed by atoms with Crippen LogP contribution in [0, 0.1) is 6.92 Å². The second-order valence-electron chi connectivity index (χ2n) is 7.69. The van der Waals surface area contributed by atoms with E-state index in [4.69, 9.17) is 9.47 Å². The molecule has 0 aliphatic heterocycles. The monoisotopic (exact) mass is 440 g/mol. The quantitative estimate of drug-likeness (QED) is 0.379. The summed E-state index contributed by atoms with van der Waals surface area (Å²) in [4.78, 5) is 4.57. The molecule has 0 radical (unpaired) electrons. The number of rotatable bonds is 8. The summed E-state index contributed by atoms with van der Waals surface area (Å²) >= 11 is 0. The number of nitrogens with one attached hydrogen (secondary N) is 1. The summed E-state index contributed by atoms with van der Waals surface area (Å²) in [6.07, 6.45) is 1.91. The van der Waals surface area contributed by atoms with Gasteiger partial charge in [0.1, 0.15) is 5.65 Å². The summed E-state index contributed by atoms with van der Waals surface area (Å²) in [5.74, 6) is 1.17. The Morgan fingerprint density at radius 3 is 2.64 bits per heavy atom. The summed E-state index contributed by atoms with van der Waals surface area (Å²) in [6.45, 7) is 5.46. The lowest BCUT2D eigenvalue weighted by molar-refractivity contribution is 0.104.